The van der Waals surface area contributed by atoms with Crippen LogP contribution < -0.4 is 5.32 Å². The third-order valence-corrected chi connectivity index (χ3v) is 3.62. The first-order chi connectivity index (χ1) is 9.62. The Hall–Kier alpha value is -1.88. The highest BCUT2D eigenvalue weighted by molar-refractivity contribution is 5.87. The number of benzene rings is 1. The van der Waals surface area contributed by atoms with Crippen molar-refractivity contribution in [1.82, 2.24) is 5.32 Å². The average Bonchev–Trinajstić information content (AvgIpc) is 2.47. The summed E-state index contributed by atoms with van der Waals surface area (Å²) in [6.45, 7) is 0.733. The summed E-state index contributed by atoms with van der Waals surface area (Å²) in [6, 6.07) is 9.67. The summed E-state index contributed by atoms with van der Waals surface area (Å²) in [5.41, 5.74) is -0.0922. The maximum absolute atomic E-state index is 12.0. The van der Waals surface area contributed by atoms with Gasteiger partial charge in [-0.15, -0.1) is 0 Å². The molecule has 1 aromatic carbocycles. The van der Waals surface area contributed by atoms with E-state index in [4.69, 9.17) is 4.74 Å². The van der Waals surface area contributed by atoms with Gasteiger partial charge in [0.25, 0.3) is 0 Å². The number of aliphatic carboxylic acids is 1. The zero-order valence-electron chi connectivity index (χ0n) is 11.3. The normalized spacial score (nSPS) is 17.4. The largest absolute Gasteiger partial charge is 0.480 e. The number of carboxylic acids is 1. The Labute approximate surface area is 117 Å². The first-order valence-electron chi connectivity index (χ1n) is 6.78. The third-order valence-electron chi connectivity index (χ3n) is 3.62. The fourth-order valence-electron chi connectivity index (χ4n) is 2.34. The molecule has 1 aromatic rings. The summed E-state index contributed by atoms with van der Waals surface area (Å²) >= 11 is 0. The second-order valence-corrected chi connectivity index (χ2v) is 5.03. The lowest BCUT2D eigenvalue weighted by atomic mass is 9.90. The molecule has 0 saturated carbocycles. The van der Waals surface area contributed by atoms with Gasteiger partial charge < -0.3 is 15.2 Å². The number of carbonyl (C=O) groups is 2. The van der Waals surface area contributed by atoms with Crippen LogP contribution in [-0.2, 0) is 20.7 Å². The molecule has 1 aliphatic heterocycles. The van der Waals surface area contributed by atoms with Crippen LogP contribution in [0.5, 0.6) is 0 Å². The van der Waals surface area contributed by atoms with Crippen LogP contribution in [0.3, 0.4) is 0 Å². The van der Waals surface area contributed by atoms with Gasteiger partial charge in [0.1, 0.15) is 5.54 Å². The first-order valence-corrected chi connectivity index (χ1v) is 6.78. The Kier molecular flexibility index (Phi) is 4.74. The highest BCUT2D eigenvalue weighted by Crippen LogP contribution is 2.21. The summed E-state index contributed by atoms with van der Waals surface area (Å²) in [5.74, 6) is -1.20. The van der Waals surface area contributed by atoms with Gasteiger partial charge >= 0.3 is 5.97 Å². The van der Waals surface area contributed by atoms with Gasteiger partial charge in [-0.05, 0) is 12.0 Å². The van der Waals surface area contributed by atoms with Crippen molar-refractivity contribution in [2.45, 2.75) is 31.2 Å². The number of amides is 1. The SMILES string of the molecule is O=C(CCc1ccccc1)NC1(C(=O)O)CCOCC1. The van der Waals surface area contributed by atoms with Crippen molar-refractivity contribution in [3.8, 4) is 0 Å². The molecule has 1 heterocycles. The quantitative estimate of drug-likeness (QED) is 0.852. The van der Waals surface area contributed by atoms with Gasteiger partial charge in [0.2, 0.25) is 5.91 Å². The minimum absolute atomic E-state index is 0.224. The summed E-state index contributed by atoms with van der Waals surface area (Å²) in [7, 11) is 0. The number of hydrogen-bond acceptors (Lipinski definition) is 3. The van der Waals surface area contributed by atoms with Crippen LogP contribution in [-0.4, -0.2) is 35.7 Å². The van der Waals surface area contributed by atoms with E-state index in [1.807, 2.05) is 30.3 Å². The monoisotopic (exact) mass is 277 g/mol. The van der Waals surface area contributed by atoms with Crippen LogP contribution in [0.15, 0.2) is 30.3 Å². The van der Waals surface area contributed by atoms with Gasteiger partial charge in [0, 0.05) is 32.5 Å². The van der Waals surface area contributed by atoms with Crippen LogP contribution in [0.4, 0.5) is 0 Å². The maximum atomic E-state index is 12.0. The van der Waals surface area contributed by atoms with Gasteiger partial charge in [-0.3, -0.25) is 4.79 Å². The van der Waals surface area contributed by atoms with Crippen LogP contribution in [0.2, 0.25) is 0 Å². The molecule has 0 unspecified atom stereocenters. The highest BCUT2D eigenvalue weighted by atomic mass is 16.5. The van der Waals surface area contributed by atoms with Crippen molar-refractivity contribution in [2.24, 2.45) is 0 Å². The molecule has 1 fully saturated rings. The van der Waals surface area contributed by atoms with Gasteiger partial charge in [0.15, 0.2) is 0 Å². The lowest BCUT2D eigenvalue weighted by Gasteiger charge is -2.33. The Morgan fingerprint density at radius 3 is 2.45 bits per heavy atom. The molecule has 0 atom stereocenters. The molecule has 0 aliphatic carbocycles. The number of nitrogens with one attached hydrogen (secondary N) is 1. The minimum atomic E-state index is -1.16. The van der Waals surface area contributed by atoms with Crippen LogP contribution >= 0.6 is 0 Å². The fraction of sp³-hybridized carbons (Fsp3) is 0.467. The smallest absolute Gasteiger partial charge is 0.329 e. The molecule has 5 heteroatoms. The molecule has 2 N–H and O–H groups in total. The van der Waals surface area contributed by atoms with E-state index in [1.165, 1.54) is 0 Å². The van der Waals surface area contributed by atoms with E-state index < -0.39 is 11.5 Å². The lowest BCUT2D eigenvalue weighted by molar-refractivity contribution is -0.152. The molecule has 0 spiro atoms. The Bertz CT molecular complexity index is 466. The molecule has 1 aliphatic rings. The van der Waals surface area contributed by atoms with E-state index in [0.29, 0.717) is 38.9 Å². The summed E-state index contributed by atoms with van der Waals surface area (Å²) in [4.78, 5) is 23.4. The molecule has 108 valence electrons. The molecule has 0 bridgehead atoms. The summed E-state index contributed by atoms with van der Waals surface area (Å²) < 4.78 is 5.17. The van der Waals surface area contributed by atoms with Crippen molar-refractivity contribution in [2.75, 3.05) is 13.2 Å². The molecular weight excluding hydrogens is 258 g/mol. The van der Waals surface area contributed by atoms with Gasteiger partial charge in [-0.25, -0.2) is 4.79 Å². The molecule has 1 saturated heterocycles. The van der Waals surface area contributed by atoms with Crippen LogP contribution in [0.25, 0.3) is 0 Å². The molecular formula is C15H19NO4. The summed E-state index contributed by atoms with van der Waals surface area (Å²) in [5, 5.41) is 12.0. The van der Waals surface area contributed by atoms with Crippen LogP contribution in [0.1, 0.15) is 24.8 Å². The Morgan fingerprint density at radius 2 is 1.85 bits per heavy atom. The van der Waals surface area contributed by atoms with Crippen molar-refractivity contribution in [3.63, 3.8) is 0 Å². The van der Waals surface area contributed by atoms with E-state index in [9.17, 15) is 14.7 Å². The third kappa shape index (κ3) is 3.57. The fourth-order valence-corrected chi connectivity index (χ4v) is 2.34. The van der Waals surface area contributed by atoms with E-state index in [2.05, 4.69) is 5.32 Å². The molecule has 20 heavy (non-hydrogen) atoms. The van der Waals surface area contributed by atoms with Gasteiger partial charge in [0.05, 0.1) is 0 Å². The van der Waals surface area contributed by atoms with Crippen molar-refractivity contribution >= 4 is 11.9 Å². The molecule has 0 aromatic heterocycles. The number of hydrogen-bond donors (Lipinski definition) is 2. The van der Waals surface area contributed by atoms with Crippen molar-refractivity contribution < 1.29 is 19.4 Å². The van der Waals surface area contributed by atoms with E-state index in [0.717, 1.165) is 5.56 Å². The van der Waals surface area contributed by atoms with Gasteiger partial charge in [-0.2, -0.15) is 0 Å². The summed E-state index contributed by atoms with van der Waals surface area (Å²) in [6.07, 6.45) is 1.54. The molecule has 0 radical (unpaired) electrons. The number of carboxylic acid groups (broad SMARTS) is 1. The van der Waals surface area contributed by atoms with Crippen molar-refractivity contribution in [3.05, 3.63) is 35.9 Å². The minimum Gasteiger partial charge on any atom is -0.480 e. The molecule has 1 amide bonds. The first kappa shape index (κ1) is 14.5. The van der Waals surface area contributed by atoms with Crippen LogP contribution in [0, 0.1) is 0 Å². The number of carbonyl (C=O) groups excluding carboxylic acids is 1. The zero-order valence-corrected chi connectivity index (χ0v) is 11.3. The maximum Gasteiger partial charge on any atom is 0.329 e. The number of rotatable bonds is 5. The number of ether oxygens (including phenoxy) is 1. The topological polar surface area (TPSA) is 75.6 Å². The van der Waals surface area contributed by atoms with E-state index in [1.54, 1.807) is 0 Å². The van der Waals surface area contributed by atoms with Crippen molar-refractivity contribution in [1.29, 1.82) is 0 Å². The predicted octanol–water partition coefficient (Wildman–Crippen LogP) is 1.37. The van der Waals surface area contributed by atoms with E-state index >= 15 is 0 Å². The van der Waals surface area contributed by atoms with E-state index in [-0.39, 0.29) is 5.91 Å². The standard InChI is InChI=1S/C15H19NO4/c17-13(7-6-12-4-2-1-3-5-12)16-15(14(18)19)8-10-20-11-9-15/h1-5H,6-11H2,(H,16,17)(H,18,19). The Morgan fingerprint density at radius 1 is 1.20 bits per heavy atom. The highest BCUT2D eigenvalue weighted by Gasteiger charge is 2.41. The lowest BCUT2D eigenvalue weighted by Crippen LogP contribution is -2.57. The molecule has 2 rings (SSSR count). The second kappa shape index (κ2) is 6.52. The van der Waals surface area contributed by atoms with Gasteiger partial charge in [-0.1, -0.05) is 30.3 Å². The number of aryl methyl sites for hydroxylation is 1. The average molecular weight is 277 g/mol. The Balaban J connectivity index is 1.90. The molecule has 5 nitrogen and oxygen atoms in total. The zero-order chi connectivity index (χ0) is 14.4. The second-order valence-electron chi connectivity index (χ2n) is 5.03. The predicted molar refractivity (Wildman–Crippen MR) is 73.3 cm³/mol.